The Kier molecular flexibility index (Phi) is 7.94. The predicted octanol–water partition coefficient (Wildman–Crippen LogP) is 5.85. The van der Waals surface area contributed by atoms with Crippen LogP contribution >= 0.6 is 11.6 Å². The van der Waals surface area contributed by atoms with Crippen molar-refractivity contribution in [1.82, 2.24) is 5.32 Å². The summed E-state index contributed by atoms with van der Waals surface area (Å²) in [5, 5.41) is 2.50. The third kappa shape index (κ3) is 5.84. The normalized spacial score (nSPS) is 14.6. The number of rotatable bonds is 8. The summed E-state index contributed by atoms with van der Waals surface area (Å²) >= 11 is 6.55. The van der Waals surface area contributed by atoms with Gasteiger partial charge >= 0.3 is 6.03 Å². The molecule has 3 aromatic carbocycles. The van der Waals surface area contributed by atoms with Crippen LogP contribution in [0, 0.1) is 6.92 Å². The minimum absolute atomic E-state index is 0.203. The summed E-state index contributed by atoms with van der Waals surface area (Å²) in [5.74, 6) is -0.780. The summed E-state index contributed by atoms with van der Waals surface area (Å²) in [7, 11) is 0. The molecule has 7 nitrogen and oxygen atoms in total. The highest BCUT2D eigenvalue weighted by Gasteiger charge is 2.36. The first-order valence-corrected chi connectivity index (χ1v) is 12.3. The van der Waals surface area contributed by atoms with E-state index in [-0.39, 0.29) is 17.2 Å². The topological polar surface area (TPSA) is 84.9 Å². The van der Waals surface area contributed by atoms with E-state index < -0.39 is 17.8 Å². The van der Waals surface area contributed by atoms with E-state index >= 15 is 0 Å². The first-order chi connectivity index (χ1) is 17.8. The fourth-order valence-electron chi connectivity index (χ4n) is 3.97. The monoisotopic (exact) mass is 518 g/mol. The maximum atomic E-state index is 13.2. The van der Waals surface area contributed by atoms with Crippen molar-refractivity contribution in [2.24, 2.45) is 0 Å². The molecule has 1 saturated heterocycles. The molecule has 4 amide bonds. The van der Waals surface area contributed by atoms with Gasteiger partial charge in [-0.25, -0.2) is 9.69 Å². The molecular weight excluding hydrogens is 492 g/mol. The average Bonchev–Trinajstić information content (AvgIpc) is 2.86. The Labute approximate surface area is 220 Å². The molecule has 1 aliphatic heterocycles. The van der Waals surface area contributed by atoms with E-state index in [2.05, 4.69) is 5.32 Å². The van der Waals surface area contributed by atoms with Crippen LogP contribution in [-0.2, 0) is 22.6 Å². The zero-order valence-corrected chi connectivity index (χ0v) is 21.6. The zero-order chi connectivity index (χ0) is 26.5. The van der Waals surface area contributed by atoms with Gasteiger partial charge in [-0.15, -0.1) is 0 Å². The van der Waals surface area contributed by atoms with Crippen LogP contribution in [0.4, 0.5) is 10.5 Å². The van der Waals surface area contributed by atoms with E-state index in [1.165, 1.54) is 6.08 Å². The second-order valence-corrected chi connectivity index (χ2v) is 8.93. The number of carbonyl (C=O) groups excluding carboxylic acids is 3. The fraction of sp³-hybridized carbons (Fsp3) is 0.207. The van der Waals surface area contributed by atoms with Crippen molar-refractivity contribution < 1.29 is 23.9 Å². The van der Waals surface area contributed by atoms with Crippen LogP contribution in [0.5, 0.6) is 11.5 Å². The number of ether oxygens (including phenoxy) is 2. The van der Waals surface area contributed by atoms with Crippen molar-refractivity contribution in [2.45, 2.75) is 33.8 Å². The van der Waals surface area contributed by atoms with Crippen LogP contribution in [0.25, 0.3) is 6.08 Å². The highest BCUT2D eigenvalue weighted by molar-refractivity contribution is 6.39. The van der Waals surface area contributed by atoms with Crippen LogP contribution in [0.3, 0.4) is 0 Å². The Morgan fingerprint density at radius 3 is 2.38 bits per heavy atom. The van der Waals surface area contributed by atoms with Gasteiger partial charge in [0.15, 0.2) is 11.5 Å². The lowest BCUT2D eigenvalue weighted by atomic mass is 10.1. The molecule has 1 fully saturated rings. The number of hydrogen-bond acceptors (Lipinski definition) is 5. The van der Waals surface area contributed by atoms with Gasteiger partial charge in [-0.3, -0.25) is 14.9 Å². The maximum Gasteiger partial charge on any atom is 0.335 e. The molecular formula is C29H27ClN2O5. The molecule has 1 aliphatic rings. The molecule has 8 heteroatoms. The van der Waals surface area contributed by atoms with Gasteiger partial charge in [0.25, 0.3) is 11.8 Å². The van der Waals surface area contributed by atoms with Gasteiger partial charge < -0.3 is 9.47 Å². The number of aryl methyl sites for hydroxylation is 2. The van der Waals surface area contributed by atoms with Crippen LogP contribution in [-0.4, -0.2) is 24.5 Å². The average molecular weight is 519 g/mol. The number of imide groups is 2. The summed E-state index contributed by atoms with van der Waals surface area (Å²) < 4.78 is 11.7. The highest BCUT2D eigenvalue weighted by atomic mass is 35.5. The summed E-state index contributed by atoms with van der Waals surface area (Å²) in [6.07, 6.45) is 2.20. The number of benzene rings is 3. The smallest absolute Gasteiger partial charge is 0.335 e. The number of nitrogens with one attached hydrogen (secondary N) is 1. The summed E-state index contributed by atoms with van der Waals surface area (Å²) in [6, 6.07) is 17.4. The lowest BCUT2D eigenvalue weighted by Crippen LogP contribution is -2.54. The molecule has 1 heterocycles. The van der Waals surface area contributed by atoms with Gasteiger partial charge in [-0.1, -0.05) is 60.5 Å². The van der Waals surface area contributed by atoms with Crippen molar-refractivity contribution in [3.63, 3.8) is 0 Å². The number of hydrogen-bond donors (Lipinski definition) is 1. The van der Waals surface area contributed by atoms with Gasteiger partial charge in [0, 0.05) is 0 Å². The first-order valence-electron chi connectivity index (χ1n) is 12.0. The number of anilines is 1. The van der Waals surface area contributed by atoms with Crippen LogP contribution in [0.2, 0.25) is 5.02 Å². The highest BCUT2D eigenvalue weighted by Crippen LogP contribution is 2.38. The van der Waals surface area contributed by atoms with Gasteiger partial charge in [0.05, 0.1) is 17.3 Å². The molecule has 1 N–H and O–H groups in total. The summed E-state index contributed by atoms with van der Waals surface area (Å²) in [6.45, 7) is 6.48. The van der Waals surface area contributed by atoms with E-state index in [4.69, 9.17) is 21.1 Å². The molecule has 0 aliphatic carbocycles. The van der Waals surface area contributed by atoms with Crippen LogP contribution < -0.4 is 19.7 Å². The number of carbonyl (C=O) groups is 3. The van der Waals surface area contributed by atoms with Crippen molar-refractivity contribution in [2.75, 3.05) is 11.5 Å². The lowest BCUT2D eigenvalue weighted by molar-refractivity contribution is -0.122. The Hall–Kier alpha value is -4.10. The third-order valence-electron chi connectivity index (χ3n) is 5.81. The van der Waals surface area contributed by atoms with Gasteiger partial charge in [0.1, 0.15) is 12.2 Å². The van der Waals surface area contributed by atoms with E-state index in [0.717, 1.165) is 28.0 Å². The van der Waals surface area contributed by atoms with Gasteiger partial charge in [0.2, 0.25) is 0 Å². The van der Waals surface area contributed by atoms with Gasteiger partial charge in [-0.05, 0) is 67.3 Å². The summed E-state index contributed by atoms with van der Waals surface area (Å²) in [5.41, 5.74) is 3.76. The fourth-order valence-corrected chi connectivity index (χ4v) is 4.24. The van der Waals surface area contributed by atoms with E-state index in [1.807, 2.05) is 57.2 Å². The Morgan fingerprint density at radius 1 is 0.946 bits per heavy atom. The predicted molar refractivity (Wildman–Crippen MR) is 143 cm³/mol. The van der Waals surface area contributed by atoms with Crippen molar-refractivity contribution in [3.8, 4) is 11.5 Å². The number of halogens is 1. The van der Waals surface area contributed by atoms with Crippen molar-refractivity contribution >= 4 is 41.2 Å². The van der Waals surface area contributed by atoms with E-state index in [0.29, 0.717) is 29.4 Å². The Balaban J connectivity index is 1.65. The molecule has 0 unspecified atom stereocenters. The zero-order valence-electron chi connectivity index (χ0n) is 20.8. The first kappa shape index (κ1) is 26.0. The van der Waals surface area contributed by atoms with Crippen LogP contribution in [0.1, 0.15) is 36.1 Å². The lowest BCUT2D eigenvalue weighted by Gasteiger charge is -2.26. The molecule has 0 spiro atoms. The van der Waals surface area contributed by atoms with Crippen molar-refractivity contribution in [1.29, 1.82) is 0 Å². The number of amides is 4. The minimum Gasteiger partial charge on any atom is -0.490 e. The van der Waals surface area contributed by atoms with E-state index in [1.54, 1.807) is 24.3 Å². The molecule has 4 rings (SSSR count). The second-order valence-electron chi connectivity index (χ2n) is 8.52. The van der Waals surface area contributed by atoms with E-state index in [9.17, 15) is 14.4 Å². The largest absolute Gasteiger partial charge is 0.490 e. The molecule has 0 atom stereocenters. The standard InChI is InChI=1S/C29H27ClN2O5/c1-4-19-9-11-22(12-10-19)32-28(34)23(27(33)31-29(32)35)14-21-15-24(30)26(25(16-21)36-5-2)37-17-20-8-6-7-18(3)13-20/h6-16H,4-5,17H2,1-3H3,(H,31,33,35)/b23-14-. The Morgan fingerprint density at radius 2 is 1.70 bits per heavy atom. The van der Waals surface area contributed by atoms with Crippen molar-refractivity contribution in [3.05, 3.63) is 93.5 Å². The third-order valence-corrected chi connectivity index (χ3v) is 6.09. The Bertz CT molecular complexity index is 1380. The molecule has 190 valence electrons. The number of urea groups is 1. The molecule has 0 aromatic heterocycles. The summed E-state index contributed by atoms with van der Waals surface area (Å²) in [4.78, 5) is 39.3. The molecule has 0 radical (unpaired) electrons. The molecule has 3 aromatic rings. The number of nitrogens with zero attached hydrogens (tertiary/aromatic N) is 1. The van der Waals surface area contributed by atoms with Gasteiger partial charge in [-0.2, -0.15) is 0 Å². The molecule has 0 saturated carbocycles. The number of barbiturate groups is 1. The minimum atomic E-state index is -0.802. The SMILES string of the molecule is CCOc1cc(/C=C2/C(=O)NC(=O)N(c3ccc(CC)cc3)C2=O)cc(Cl)c1OCc1cccc(C)c1. The maximum absolute atomic E-state index is 13.2. The van der Waals surface area contributed by atoms with Crippen LogP contribution in [0.15, 0.2) is 66.2 Å². The second kappa shape index (κ2) is 11.3. The quantitative estimate of drug-likeness (QED) is 0.298. The molecule has 37 heavy (non-hydrogen) atoms. The molecule has 0 bridgehead atoms.